The first-order chi connectivity index (χ1) is 8.36. The molecule has 0 bridgehead atoms. The van der Waals surface area contributed by atoms with Crippen LogP contribution in [0.2, 0.25) is 0 Å². The Morgan fingerprint density at radius 3 is 2.61 bits per heavy atom. The lowest BCUT2D eigenvalue weighted by Crippen LogP contribution is -2.58. The molecule has 98 valence electrons. The highest BCUT2D eigenvalue weighted by molar-refractivity contribution is 5.90. The molecule has 0 atom stereocenters. The number of urea groups is 1. The van der Waals surface area contributed by atoms with Gasteiger partial charge in [0.1, 0.15) is 0 Å². The van der Waals surface area contributed by atoms with E-state index in [9.17, 15) is 18.0 Å². The number of halogens is 3. The zero-order chi connectivity index (χ0) is 13.3. The second-order valence-corrected chi connectivity index (χ2v) is 4.17. The minimum Gasteiger partial charge on any atom is -0.325 e. The third-order valence-electron chi connectivity index (χ3n) is 2.64. The van der Waals surface area contributed by atoms with Crippen molar-refractivity contribution in [3.63, 3.8) is 0 Å². The number of nitrogens with two attached hydrogens (primary N) is 1. The van der Waals surface area contributed by atoms with Crippen molar-refractivity contribution in [1.82, 2.24) is 4.90 Å². The number of carbonyl (C=O) groups excluding carboxylic acids is 1. The van der Waals surface area contributed by atoms with Crippen LogP contribution in [0.15, 0.2) is 24.3 Å². The smallest absolute Gasteiger partial charge is 0.325 e. The third kappa shape index (κ3) is 2.73. The SMILES string of the molecule is NC1CN(C(=O)Nc2cccc(C(F)(F)F)c2)C1. The Balaban J connectivity index is 2.03. The van der Waals surface area contributed by atoms with Crippen LogP contribution in [0, 0.1) is 0 Å². The Morgan fingerprint density at radius 1 is 1.39 bits per heavy atom. The summed E-state index contributed by atoms with van der Waals surface area (Å²) < 4.78 is 37.4. The van der Waals surface area contributed by atoms with Gasteiger partial charge in [0.05, 0.1) is 5.56 Å². The van der Waals surface area contributed by atoms with Gasteiger partial charge in [-0.25, -0.2) is 4.79 Å². The van der Waals surface area contributed by atoms with E-state index in [1.54, 1.807) is 0 Å². The summed E-state index contributed by atoms with van der Waals surface area (Å²) >= 11 is 0. The summed E-state index contributed by atoms with van der Waals surface area (Å²) in [5.41, 5.74) is 4.84. The highest BCUT2D eigenvalue weighted by Gasteiger charge is 2.31. The maximum atomic E-state index is 12.5. The molecule has 0 aromatic heterocycles. The number of hydrogen-bond donors (Lipinski definition) is 2. The maximum absolute atomic E-state index is 12.5. The van der Waals surface area contributed by atoms with Gasteiger partial charge in [0.15, 0.2) is 0 Å². The molecule has 0 spiro atoms. The van der Waals surface area contributed by atoms with Gasteiger partial charge in [0.25, 0.3) is 0 Å². The van der Waals surface area contributed by atoms with Crippen LogP contribution >= 0.6 is 0 Å². The molecule has 1 aliphatic heterocycles. The molecule has 2 amide bonds. The van der Waals surface area contributed by atoms with Gasteiger partial charge in [-0.2, -0.15) is 13.2 Å². The number of likely N-dealkylation sites (tertiary alicyclic amines) is 1. The van der Waals surface area contributed by atoms with Crippen LogP contribution in [0.25, 0.3) is 0 Å². The van der Waals surface area contributed by atoms with E-state index in [0.29, 0.717) is 13.1 Å². The summed E-state index contributed by atoms with van der Waals surface area (Å²) in [5.74, 6) is 0. The van der Waals surface area contributed by atoms with Crippen molar-refractivity contribution in [2.45, 2.75) is 12.2 Å². The van der Waals surface area contributed by atoms with Crippen molar-refractivity contribution in [3.05, 3.63) is 29.8 Å². The van der Waals surface area contributed by atoms with Crippen molar-refractivity contribution in [3.8, 4) is 0 Å². The van der Waals surface area contributed by atoms with Gasteiger partial charge in [-0.1, -0.05) is 6.07 Å². The van der Waals surface area contributed by atoms with Gasteiger partial charge in [-0.15, -0.1) is 0 Å². The molecule has 1 heterocycles. The quantitative estimate of drug-likeness (QED) is 0.809. The van der Waals surface area contributed by atoms with Crippen molar-refractivity contribution >= 4 is 11.7 Å². The van der Waals surface area contributed by atoms with Gasteiger partial charge in [0, 0.05) is 24.8 Å². The average Bonchev–Trinajstić information content (AvgIpc) is 2.24. The average molecular weight is 259 g/mol. The highest BCUT2D eigenvalue weighted by atomic mass is 19.4. The Hall–Kier alpha value is -1.76. The van der Waals surface area contributed by atoms with E-state index < -0.39 is 17.8 Å². The van der Waals surface area contributed by atoms with Gasteiger partial charge in [-0.05, 0) is 18.2 Å². The number of nitrogens with zero attached hydrogens (tertiary/aromatic N) is 1. The fourth-order valence-electron chi connectivity index (χ4n) is 1.65. The summed E-state index contributed by atoms with van der Waals surface area (Å²) in [6, 6.07) is 4.04. The second kappa shape index (κ2) is 4.49. The first kappa shape index (κ1) is 12.7. The summed E-state index contributed by atoms with van der Waals surface area (Å²) in [6.45, 7) is 0.843. The van der Waals surface area contributed by atoms with E-state index in [-0.39, 0.29) is 11.7 Å². The van der Waals surface area contributed by atoms with Crippen molar-refractivity contribution < 1.29 is 18.0 Å². The Bertz CT molecular complexity index is 455. The van der Waals surface area contributed by atoms with E-state index in [1.165, 1.54) is 17.0 Å². The summed E-state index contributed by atoms with van der Waals surface area (Å²) in [6.07, 6.45) is -4.42. The molecule has 1 saturated heterocycles. The predicted molar refractivity (Wildman–Crippen MR) is 60.0 cm³/mol. The van der Waals surface area contributed by atoms with Gasteiger partial charge in [0.2, 0.25) is 0 Å². The van der Waals surface area contributed by atoms with Crippen LogP contribution in [-0.4, -0.2) is 30.1 Å². The molecule has 3 N–H and O–H groups in total. The van der Waals surface area contributed by atoms with E-state index in [0.717, 1.165) is 12.1 Å². The lowest BCUT2D eigenvalue weighted by atomic mass is 10.1. The lowest BCUT2D eigenvalue weighted by Gasteiger charge is -2.36. The molecule has 1 aromatic rings. The molecule has 1 fully saturated rings. The van der Waals surface area contributed by atoms with Crippen LogP contribution < -0.4 is 11.1 Å². The number of anilines is 1. The number of hydrogen-bond acceptors (Lipinski definition) is 2. The van der Waals surface area contributed by atoms with E-state index in [4.69, 9.17) is 5.73 Å². The summed E-state index contributed by atoms with van der Waals surface area (Å²) in [7, 11) is 0. The number of alkyl halides is 3. The summed E-state index contributed by atoms with van der Waals surface area (Å²) in [4.78, 5) is 13.0. The Morgan fingerprint density at radius 2 is 2.06 bits per heavy atom. The molecule has 0 aliphatic carbocycles. The molecule has 0 radical (unpaired) electrons. The second-order valence-electron chi connectivity index (χ2n) is 4.17. The standard InChI is InChI=1S/C11H12F3N3O/c12-11(13,14)7-2-1-3-9(4-7)16-10(18)17-5-8(15)6-17/h1-4,8H,5-6,15H2,(H,16,18). The number of nitrogens with one attached hydrogen (secondary N) is 1. The van der Waals surface area contributed by atoms with Crippen LogP contribution in [0.4, 0.5) is 23.7 Å². The number of rotatable bonds is 1. The topological polar surface area (TPSA) is 58.4 Å². The first-order valence-electron chi connectivity index (χ1n) is 5.35. The van der Waals surface area contributed by atoms with Crippen molar-refractivity contribution in [2.24, 2.45) is 5.73 Å². The monoisotopic (exact) mass is 259 g/mol. The molecule has 2 rings (SSSR count). The Kier molecular flexibility index (Phi) is 3.16. The van der Waals surface area contributed by atoms with Crippen molar-refractivity contribution in [1.29, 1.82) is 0 Å². The predicted octanol–water partition coefficient (Wildman–Crippen LogP) is 1.88. The molecule has 1 aliphatic rings. The largest absolute Gasteiger partial charge is 0.416 e. The van der Waals surface area contributed by atoms with Crippen LogP contribution in [0.1, 0.15) is 5.56 Å². The van der Waals surface area contributed by atoms with Crippen LogP contribution in [-0.2, 0) is 6.18 Å². The summed E-state index contributed by atoms with van der Waals surface area (Å²) in [5, 5.41) is 2.41. The zero-order valence-electron chi connectivity index (χ0n) is 9.37. The third-order valence-corrected chi connectivity index (χ3v) is 2.64. The molecule has 1 aromatic carbocycles. The molecular weight excluding hydrogens is 247 g/mol. The zero-order valence-corrected chi connectivity index (χ0v) is 9.37. The fourth-order valence-corrected chi connectivity index (χ4v) is 1.65. The molecule has 0 unspecified atom stereocenters. The normalized spacial score (nSPS) is 16.3. The lowest BCUT2D eigenvalue weighted by molar-refractivity contribution is -0.137. The van der Waals surface area contributed by atoms with E-state index in [2.05, 4.69) is 5.32 Å². The van der Waals surface area contributed by atoms with Gasteiger partial charge < -0.3 is 16.0 Å². The first-order valence-corrected chi connectivity index (χ1v) is 5.35. The molecule has 7 heteroatoms. The maximum Gasteiger partial charge on any atom is 0.416 e. The highest BCUT2D eigenvalue weighted by Crippen LogP contribution is 2.30. The number of carbonyl (C=O) groups is 1. The minimum atomic E-state index is -4.42. The van der Waals surface area contributed by atoms with Crippen LogP contribution in [0.5, 0.6) is 0 Å². The molecular formula is C11H12F3N3O. The number of benzene rings is 1. The number of amides is 2. The van der Waals surface area contributed by atoms with E-state index in [1.807, 2.05) is 0 Å². The molecule has 0 saturated carbocycles. The van der Waals surface area contributed by atoms with Gasteiger partial charge in [-0.3, -0.25) is 0 Å². The van der Waals surface area contributed by atoms with Crippen LogP contribution in [0.3, 0.4) is 0 Å². The van der Waals surface area contributed by atoms with E-state index >= 15 is 0 Å². The minimum absolute atomic E-state index is 0.0442. The van der Waals surface area contributed by atoms with Gasteiger partial charge >= 0.3 is 12.2 Å². The molecule has 18 heavy (non-hydrogen) atoms. The Labute approximate surface area is 102 Å². The molecule has 4 nitrogen and oxygen atoms in total. The van der Waals surface area contributed by atoms with Crippen molar-refractivity contribution in [2.75, 3.05) is 18.4 Å². The fraction of sp³-hybridized carbons (Fsp3) is 0.364.